The maximum Gasteiger partial charge on any atom is 0.419 e. The first-order valence-electron chi connectivity index (χ1n) is 9.56. The Labute approximate surface area is 167 Å². The molecule has 8 heteroatoms. The molecular weight excluding hydrogens is 383 g/mol. The van der Waals surface area contributed by atoms with Crippen molar-refractivity contribution in [2.75, 3.05) is 13.1 Å². The number of carbonyl (C=O) groups excluding carboxylic acids is 1. The number of hydrogen-bond donors (Lipinski definition) is 0. The highest BCUT2D eigenvalue weighted by molar-refractivity contribution is 5.86. The van der Waals surface area contributed by atoms with Crippen molar-refractivity contribution in [2.24, 2.45) is 12.5 Å². The van der Waals surface area contributed by atoms with Crippen LogP contribution in [0.15, 0.2) is 23.9 Å². The summed E-state index contributed by atoms with van der Waals surface area (Å²) in [6, 6.07) is 3.19. The van der Waals surface area contributed by atoms with Crippen LogP contribution in [0.1, 0.15) is 44.7 Å². The van der Waals surface area contributed by atoms with E-state index in [-0.39, 0.29) is 22.6 Å². The molecule has 1 aliphatic heterocycles. The Morgan fingerprint density at radius 1 is 1.21 bits per heavy atom. The molecule has 1 aromatic heterocycles. The number of hydrogen-bond acceptors (Lipinski definition) is 3. The molecule has 1 saturated heterocycles. The van der Waals surface area contributed by atoms with Crippen LogP contribution < -0.4 is 0 Å². The molecule has 4 rings (SSSR count). The zero-order valence-corrected chi connectivity index (χ0v) is 16.9. The highest BCUT2D eigenvalue weighted by atomic mass is 19.4. The minimum absolute atomic E-state index is 0.0161. The molecule has 0 unspecified atom stereocenters. The van der Waals surface area contributed by atoms with Crippen LogP contribution >= 0.6 is 0 Å². The van der Waals surface area contributed by atoms with Crippen LogP contribution in [0.3, 0.4) is 0 Å². The van der Waals surface area contributed by atoms with E-state index in [0.717, 1.165) is 5.57 Å². The van der Waals surface area contributed by atoms with Crippen LogP contribution in [0.25, 0.3) is 17.0 Å². The lowest BCUT2D eigenvalue weighted by atomic mass is 9.60. The van der Waals surface area contributed by atoms with Crippen molar-refractivity contribution in [3.8, 4) is 0 Å². The van der Waals surface area contributed by atoms with E-state index in [0.29, 0.717) is 31.3 Å². The summed E-state index contributed by atoms with van der Waals surface area (Å²) < 4.78 is 48.0. The maximum absolute atomic E-state index is 13.8. The van der Waals surface area contributed by atoms with Gasteiger partial charge in [0.25, 0.3) is 0 Å². The van der Waals surface area contributed by atoms with E-state index < -0.39 is 17.3 Å². The molecule has 1 amide bonds. The van der Waals surface area contributed by atoms with Crippen LogP contribution in [0.5, 0.6) is 0 Å². The van der Waals surface area contributed by atoms with Crippen LogP contribution in [-0.2, 0) is 18.0 Å². The number of carbonyl (C=O) groups is 1. The monoisotopic (exact) mass is 407 g/mol. The second kappa shape index (κ2) is 6.24. The molecule has 1 saturated carbocycles. The molecule has 156 valence electrons. The molecule has 2 fully saturated rings. The predicted molar refractivity (Wildman–Crippen MR) is 103 cm³/mol. The van der Waals surface area contributed by atoms with Crippen LogP contribution in [-0.4, -0.2) is 39.5 Å². The second-order valence-electron chi connectivity index (χ2n) is 9.23. The van der Waals surface area contributed by atoms with E-state index in [4.69, 9.17) is 4.74 Å². The fraction of sp³-hybridized carbons (Fsp3) is 0.524. The minimum Gasteiger partial charge on any atom is -0.444 e. The van der Waals surface area contributed by atoms with Crippen LogP contribution in [0, 0.1) is 5.41 Å². The van der Waals surface area contributed by atoms with Crippen molar-refractivity contribution in [1.82, 2.24) is 14.7 Å². The van der Waals surface area contributed by atoms with Gasteiger partial charge in [-0.25, -0.2) is 4.79 Å². The van der Waals surface area contributed by atoms with E-state index >= 15 is 0 Å². The number of nitrogens with zero attached hydrogens (tertiary/aromatic N) is 3. The van der Waals surface area contributed by atoms with Crippen molar-refractivity contribution < 1.29 is 22.7 Å². The van der Waals surface area contributed by atoms with E-state index in [2.05, 4.69) is 5.10 Å². The number of ether oxygens (including phenoxy) is 1. The number of likely N-dealkylation sites (tertiary alicyclic amines) is 1. The lowest BCUT2D eigenvalue weighted by Gasteiger charge is -2.56. The standard InChI is InChI=1S/C21H24F3N3O2/c1-19(2,3)29-18(28)27-11-20(12-27)8-13(9-20)7-14-5-6-15-10-25-26(4)17(15)16(14)21(22,23)24/h5-7,10H,8-9,11-12H2,1-4H3. The summed E-state index contributed by atoms with van der Waals surface area (Å²) in [5.74, 6) is 0. The third kappa shape index (κ3) is 3.60. The summed E-state index contributed by atoms with van der Waals surface area (Å²) in [6.07, 6.45) is -0.303. The third-order valence-electron chi connectivity index (χ3n) is 5.49. The highest BCUT2D eigenvalue weighted by Gasteiger charge is 2.52. The first kappa shape index (κ1) is 19.8. The van der Waals surface area contributed by atoms with Gasteiger partial charge in [0.15, 0.2) is 0 Å². The molecule has 29 heavy (non-hydrogen) atoms. The molecule has 1 spiro atoms. The normalized spacial score (nSPS) is 18.6. The SMILES string of the molecule is Cn1ncc2ccc(C=C3CC4(C3)CN(C(=O)OC(C)(C)C)C4)c(C(F)(F)F)c21. The average Bonchev–Trinajstić information content (AvgIpc) is 2.86. The van der Waals surface area contributed by atoms with Gasteiger partial charge in [0.2, 0.25) is 0 Å². The largest absolute Gasteiger partial charge is 0.444 e. The smallest absolute Gasteiger partial charge is 0.419 e. The predicted octanol–water partition coefficient (Wildman–Crippen LogP) is 5.01. The number of alkyl halides is 3. The fourth-order valence-corrected chi connectivity index (χ4v) is 4.38. The van der Waals surface area contributed by atoms with E-state index in [1.165, 1.54) is 24.0 Å². The number of amides is 1. The van der Waals surface area contributed by atoms with Gasteiger partial charge in [-0.05, 0) is 39.2 Å². The van der Waals surface area contributed by atoms with Gasteiger partial charge in [0.1, 0.15) is 5.60 Å². The number of rotatable bonds is 1. The summed E-state index contributed by atoms with van der Waals surface area (Å²) in [6.45, 7) is 6.64. The average molecular weight is 407 g/mol. The van der Waals surface area contributed by atoms with Crippen molar-refractivity contribution in [1.29, 1.82) is 0 Å². The molecule has 1 aliphatic carbocycles. The van der Waals surface area contributed by atoms with Crippen LogP contribution in [0.4, 0.5) is 18.0 Å². The number of fused-ring (bicyclic) bond motifs is 1. The second-order valence-corrected chi connectivity index (χ2v) is 9.23. The number of halogens is 3. The zero-order chi connectivity index (χ0) is 21.2. The van der Waals surface area contributed by atoms with Crippen LogP contribution in [0.2, 0.25) is 0 Å². The molecule has 0 radical (unpaired) electrons. The fourth-order valence-electron chi connectivity index (χ4n) is 4.38. The molecule has 2 heterocycles. The lowest BCUT2D eigenvalue weighted by molar-refractivity contribution is -0.136. The van der Waals surface area contributed by atoms with Gasteiger partial charge < -0.3 is 9.64 Å². The maximum atomic E-state index is 13.8. The Morgan fingerprint density at radius 2 is 1.86 bits per heavy atom. The van der Waals surface area contributed by atoms with E-state index in [9.17, 15) is 18.0 Å². The highest BCUT2D eigenvalue weighted by Crippen LogP contribution is 2.53. The van der Waals surface area contributed by atoms with Gasteiger partial charge in [0.05, 0.1) is 17.3 Å². The zero-order valence-electron chi connectivity index (χ0n) is 16.9. The van der Waals surface area contributed by atoms with Crippen molar-refractivity contribution in [2.45, 2.75) is 45.4 Å². The quantitative estimate of drug-likeness (QED) is 0.668. The van der Waals surface area contributed by atoms with Crippen molar-refractivity contribution >= 4 is 23.1 Å². The summed E-state index contributed by atoms with van der Waals surface area (Å²) in [5.41, 5.74) is 0.0384. The number of aromatic nitrogens is 2. The Hall–Kier alpha value is -2.51. The first-order chi connectivity index (χ1) is 13.4. The molecule has 0 bridgehead atoms. The minimum atomic E-state index is -4.47. The van der Waals surface area contributed by atoms with Gasteiger partial charge in [-0.15, -0.1) is 0 Å². The summed E-state index contributed by atoms with van der Waals surface area (Å²) in [7, 11) is 1.52. The molecule has 2 aliphatic rings. The van der Waals surface area contributed by atoms with Gasteiger partial charge >= 0.3 is 12.3 Å². The summed E-state index contributed by atoms with van der Waals surface area (Å²) in [5, 5.41) is 4.44. The summed E-state index contributed by atoms with van der Waals surface area (Å²) in [4.78, 5) is 13.7. The molecule has 0 atom stereocenters. The third-order valence-corrected chi connectivity index (χ3v) is 5.49. The van der Waals surface area contributed by atoms with Gasteiger partial charge in [0, 0.05) is 30.9 Å². The van der Waals surface area contributed by atoms with Gasteiger partial charge in [-0.1, -0.05) is 23.8 Å². The molecular formula is C21H24F3N3O2. The Kier molecular flexibility index (Phi) is 4.26. The molecule has 5 nitrogen and oxygen atoms in total. The molecule has 0 N–H and O–H groups in total. The Balaban J connectivity index is 1.50. The molecule has 1 aromatic carbocycles. The number of benzene rings is 1. The number of allylic oxidation sites excluding steroid dienone is 1. The number of aryl methyl sites for hydroxylation is 1. The van der Waals surface area contributed by atoms with Crippen molar-refractivity contribution in [3.63, 3.8) is 0 Å². The molecule has 2 aromatic rings. The first-order valence-corrected chi connectivity index (χ1v) is 9.56. The summed E-state index contributed by atoms with van der Waals surface area (Å²) >= 11 is 0. The van der Waals surface area contributed by atoms with Gasteiger partial charge in [-0.2, -0.15) is 18.3 Å². The lowest BCUT2D eigenvalue weighted by Crippen LogP contribution is -2.62. The topological polar surface area (TPSA) is 47.4 Å². The van der Waals surface area contributed by atoms with E-state index in [1.54, 1.807) is 17.0 Å². The Morgan fingerprint density at radius 3 is 2.45 bits per heavy atom. The van der Waals surface area contributed by atoms with Gasteiger partial charge in [-0.3, -0.25) is 4.68 Å². The van der Waals surface area contributed by atoms with Crippen molar-refractivity contribution in [3.05, 3.63) is 35.0 Å². The van der Waals surface area contributed by atoms with E-state index in [1.807, 2.05) is 20.8 Å². The Bertz CT molecular complexity index is 999.